The third kappa shape index (κ3) is 4.55. The number of halogens is 5. The molecule has 1 N–H and O–H groups in total. The highest BCUT2D eigenvalue weighted by Gasteiger charge is 2.38. The molecule has 2 heterocycles. The van der Waals surface area contributed by atoms with Crippen molar-refractivity contribution in [3.8, 4) is 0 Å². The zero-order valence-corrected chi connectivity index (χ0v) is 19.4. The molecule has 0 spiro atoms. The van der Waals surface area contributed by atoms with Crippen molar-refractivity contribution in [2.45, 2.75) is 18.6 Å². The highest BCUT2D eigenvalue weighted by atomic mass is 79.9. The smallest absolute Gasteiger partial charge is 0.372 e. The second-order valence-corrected chi connectivity index (χ2v) is 9.71. The molecule has 32 heavy (non-hydrogen) atoms. The fourth-order valence-corrected chi connectivity index (χ4v) is 5.32. The maximum Gasteiger partial charge on any atom is 0.416 e. The van der Waals surface area contributed by atoms with Gasteiger partial charge in [0.05, 0.1) is 21.7 Å². The molecule has 2 aromatic carbocycles. The molecule has 1 aromatic heterocycles. The number of alkyl halides is 3. The van der Waals surface area contributed by atoms with Crippen molar-refractivity contribution in [3.63, 3.8) is 0 Å². The van der Waals surface area contributed by atoms with Gasteiger partial charge in [-0.15, -0.1) is 11.3 Å². The van der Waals surface area contributed by atoms with Crippen molar-refractivity contribution >= 4 is 55.7 Å². The zero-order valence-electron chi connectivity index (χ0n) is 16.2. The summed E-state index contributed by atoms with van der Waals surface area (Å²) in [5.74, 6) is -0.932. The number of hydrogen-bond donors (Lipinski definition) is 1. The summed E-state index contributed by atoms with van der Waals surface area (Å²) >= 11 is 10.6. The first-order valence-corrected chi connectivity index (χ1v) is 11.5. The van der Waals surface area contributed by atoms with Crippen LogP contribution in [-0.4, -0.2) is 29.3 Å². The van der Waals surface area contributed by atoms with Crippen LogP contribution in [0.5, 0.6) is 0 Å². The van der Waals surface area contributed by atoms with Crippen LogP contribution in [0.2, 0.25) is 4.34 Å². The molecule has 3 aromatic rings. The maximum atomic E-state index is 13.5. The Labute approximate surface area is 199 Å². The third-order valence-corrected chi connectivity index (χ3v) is 7.47. The first-order chi connectivity index (χ1) is 15.1. The summed E-state index contributed by atoms with van der Waals surface area (Å²) in [4.78, 5) is 26.7. The summed E-state index contributed by atoms with van der Waals surface area (Å²) < 4.78 is 41.7. The Balaban J connectivity index is 1.65. The number of amides is 2. The minimum Gasteiger partial charge on any atom is -0.372 e. The van der Waals surface area contributed by atoms with Gasteiger partial charge in [-0.25, -0.2) is 0 Å². The highest BCUT2D eigenvalue weighted by molar-refractivity contribution is 9.10. The van der Waals surface area contributed by atoms with Gasteiger partial charge in [0, 0.05) is 17.1 Å². The van der Waals surface area contributed by atoms with Crippen molar-refractivity contribution in [2.75, 3.05) is 11.9 Å². The fraction of sp³-hybridized carbons (Fsp3) is 0.182. The lowest BCUT2D eigenvalue weighted by molar-refractivity contribution is -0.138. The van der Waals surface area contributed by atoms with E-state index >= 15 is 0 Å². The second-order valence-electron chi connectivity index (χ2n) is 7.20. The van der Waals surface area contributed by atoms with E-state index in [1.165, 1.54) is 29.5 Å². The number of benzene rings is 2. The number of carbonyl (C=O) groups is 2. The summed E-state index contributed by atoms with van der Waals surface area (Å²) in [6.07, 6.45) is -4.58. The summed E-state index contributed by atoms with van der Waals surface area (Å²) in [6.45, 7) is -0.105. The number of nitrogens with zero attached hydrogens (tertiary/aromatic N) is 1. The molecular weight excluding hydrogens is 529 g/mol. The second kappa shape index (κ2) is 8.88. The molecule has 0 saturated carbocycles. The van der Waals surface area contributed by atoms with Crippen molar-refractivity contribution in [3.05, 3.63) is 85.7 Å². The Morgan fingerprint density at radius 2 is 1.62 bits per heavy atom. The first-order valence-electron chi connectivity index (χ1n) is 9.47. The third-order valence-electron chi connectivity index (χ3n) is 5.06. The molecule has 1 atom stereocenters. The lowest BCUT2D eigenvalue weighted by Gasteiger charge is -2.25. The molecule has 0 unspecified atom stereocenters. The SMILES string of the molecule is O=C1c2ccccc2C(=O)N1C[C@H](Cc1ccccc1C(F)(F)F)Nc1cc(Br)c(Cl)s1. The predicted octanol–water partition coefficient (Wildman–Crippen LogP) is 6.50. The van der Waals surface area contributed by atoms with Gasteiger partial charge in [-0.1, -0.05) is 41.9 Å². The topological polar surface area (TPSA) is 49.4 Å². The van der Waals surface area contributed by atoms with Crippen molar-refractivity contribution in [1.82, 2.24) is 4.90 Å². The van der Waals surface area contributed by atoms with Gasteiger partial charge in [-0.05, 0) is 52.2 Å². The lowest BCUT2D eigenvalue weighted by Crippen LogP contribution is -2.41. The molecule has 0 bridgehead atoms. The Bertz CT molecular complexity index is 1140. The maximum absolute atomic E-state index is 13.5. The predicted molar refractivity (Wildman–Crippen MR) is 121 cm³/mol. The number of imide groups is 1. The van der Waals surface area contributed by atoms with Crippen LogP contribution < -0.4 is 5.32 Å². The lowest BCUT2D eigenvalue weighted by atomic mass is 9.99. The summed E-state index contributed by atoms with van der Waals surface area (Å²) in [6, 6.07) is 12.8. The molecule has 1 aliphatic rings. The standard InChI is InChI=1S/C22H15BrClF3N2O2S/c23-17-10-18(32-19(17)24)28-13(9-12-5-1-4-8-16(12)22(25,26)27)11-29-20(30)14-6-2-3-7-15(14)21(29)31/h1-8,10,13,28H,9,11H2/t13-/m0/s1. The number of anilines is 1. The van der Waals surface area contributed by atoms with Gasteiger partial charge >= 0.3 is 6.18 Å². The normalized spacial score (nSPS) is 14.6. The Morgan fingerprint density at radius 3 is 2.19 bits per heavy atom. The van der Waals surface area contributed by atoms with Gasteiger partial charge in [-0.2, -0.15) is 13.2 Å². The van der Waals surface area contributed by atoms with Crippen LogP contribution in [0.15, 0.2) is 59.1 Å². The minimum absolute atomic E-state index is 0.0593. The molecule has 4 rings (SSSR count). The quantitative estimate of drug-likeness (QED) is 0.361. The molecule has 10 heteroatoms. The van der Waals surface area contributed by atoms with Crippen LogP contribution in [0, 0.1) is 0 Å². The molecule has 0 saturated heterocycles. The number of carbonyl (C=O) groups excluding carboxylic acids is 2. The highest BCUT2D eigenvalue weighted by Crippen LogP contribution is 2.37. The fourth-order valence-electron chi connectivity index (χ4n) is 3.65. The molecular formula is C22H15BrClF3N2O2S. The van der Waals surface area contributed by atoms with E-state index in [-0.39, 0.29) is 29.7 Å². The van der Waals surface area contributed by atoms with E-state index in [1.54, 1.807) is 30.3 Å². The van der Waals surface area contributed by atoms with Crippen LogP contribution in [0.1, 0.15) is 31.8 Å². The van der Waals surface area contributed by atoms with Crippen LogP contribution in [-0.2, 0) is 12.6 Å². The van der Waals surface area contributed by atoms with E-state index in [2.05, 4.69) is 21.2 Å². The number of fused-ring (bicyclic) bond motifs is 1. The van der Waals surface area contributed by atoms with Crippen molar-refractivity contribution in [2.24, 2.45) is 0 Å². The average Bonchev–Trinajstić information content (AvgIpc) is 3.18. The van der Waals surface area contributed by atoms with Gasteiger partial charge in [0.1, 0.15) is 4.34 Å². The van der Waals surface area contributed by atoms with E-state index < -0.39 is 29.6 Å². The molecule has 4 nitrogen and oxygen atoms in total. The largest absolute Gasteiger partial charge is 0.416 e. The minimum atomic E-state index is -4.52. The van der Waals surface area contributed by atoms with Gasteiger partial charge < -0.3 is 5.32 Å². The van der Waals surface area contributed by atoms with E-state index in [0.717, 1.165) is 11.0 Å². The zero-order chi connectivity index (χ0) is 23.0. The van der Waals surface area contributed by atoms with E-state index in [4.69, 9.17) is 11.6 Å². The van der Waals surface area contributed by atoms with Gasteiger partial charge in [0.25, 0.3) is 11.8 Å². The number of nitrogens with one attached hydrogen (secondary N) is 1. The van der Waals surface area contributed by atoms with Gasteiger partial charge in [0.15, 0.2) is 0 Å². The van der Waals surface area contributed by atoms with Crippen molar-refractivity contribution in [1.29, 1.82) is 0 Å². The Kier molecular flexibility index (Phi) is 6.33. The summed E-state index contributed by atoms with van der Waals surface area (Å²) in [7, 11) is 0. The molecule has 0 radical (unpaired) electrons. The molecule has 0 aliphatic carbocycles. The number of thiophene rings is 1. The Hall–Kier alpha value is -2.36. The molecule has 1 aliphatic heterocycles. The number of rotatable bonds is 6. The van der Waals surface area contributed by atoms with Crippen LogP contribution in [0.4, 0.5) is 18.2 Å². The van der Waals surface area contributed by atoms with Gasteiger partial charge in [-0.3, -0.25) is 14.5 Å². The monoisotopic (exact) mass is 542 g/mol. The first kappa shape index (κ1) is 22.8. The van der Waals surface area contributed by atoms with E-state index in [1.807, 2.05) is 0 Å². The molecule has 2 amide bonds. The van der Waals surface area contributed by atoms with E-state index in [9.17, 15) is 22.8 Å². The van der Waals surface area contributed by atoms with Crippen LogP contribution >= 0.6 is 38.9 Å². The molecule has 0 fully saturated rings. The van der Waals surface area contributed by atoms with E-state index in [0.29, 0.717) is 13.8 Å². The van der Waals surface area contributed by atoms with Crippen LogP contribution in [0.25, 0.3) is 0 Å². The summed E-state index contributed by atoms with van der Waals surface area (Å²) in [5.41, 5.74) is -0.113. The van der Waals surface area contributed by atoms with Gasteiger partial charge in [0.2, 0.25) is 0 Å². The Morgan fingerprint density at radius 1 is 1.03 bits per heavy atom. The van der Waals surface area contributed by atoms with Crippen molar-refractivity contribution < 1.29 is 22.8 Å². The average molecular weight is 544 g/mol. The van der Waals surface area contributed by atoms with Crippen LogP contribution in [0.3, 0.4) is 0 Å². The molecule has 166 valence electrons. The summed E-state index contributed by atoms with van der Waals surface area (Å²) in [5, 5.41) is 3.76. The number of hydrogen-bond acceptors (Lipinski definition) is 4.